The van der Waals surface area contributed by atoms with E-state index in [2.05, 4.69) is 65.6 Å². The first-order valence-corrected chi connectivity index (χ1v) is 9.67. The van der Waals surface area contributed by atoms with Crippen molar-refractivity contribution in [2.75, 3.05) is 0 Å². The molecule has 0 saturated carbocycles. The van der Waals surface area contributed by atoms with E-state index in [9.17, 15) is 9.90 Å². The Morgan fingerprint density at radius 3 is 2.04 bits per heavy atom. The first-order valence-electron chi connectivity index (χ1n) is 9.67. The van der Waals surface area contributed by atoms with Gasteiger partial charge in [-0.05, 0) is 53.5 Å². The highest BCUT2D eigenvalue weighted by molar-refractivity contribution is 5.95. The van der Waals surface area contributed by atoms with Crippen LogP contribution in [0.1, 0.15) is 44.6 Å². The third kappa shape index (κ3) is 2.80. The lowest BCUT2D eigenvalue weighted by Crippen LogP contribution is -2.22. The zero-order valence-corrected chi connectivity index (χ0v) is 15.4. The third-order valence-corrected chi connectivity index (χ3v) is 6.03. The maximum atomic E-state index is 11.3. The Morgan fingerprint density at radius 2 is 1.43 bits per heavy atom. The van der Waals surface area contributed by atoms with Crippen LogP contribution in [0.15, 0.2) is 78.9 Å². The molecule has 3 aromatic carbocycles. The molecule has 0 amide bonds. The number of aromatic nitrogens is 1. The van der Waals surface area contributed by atoms with Crippen LogP contribution in [0.2, 0.25) is 0 Å². The van der Waals surface area contributed by atoms with Crippen molar-refractivity contribution in [1.29, 1.82) is 0 Å². The molecular weight excluding hydrogens is 346 g/mol. The fourth-order valence-corrected chi connectivity index (χ4v) is 4.68. The lowest BCUT2D eigenvalue weighted by atomic mass is 9.71. The molecule has 28 heavy (non-hydrogen) atoms. The number of carboxylic acids is 1. The number of hydrogen-bond acceptors (Lipinski definition) is 1. The van der Waals surface area contributed by atoms with E-state index in [-0.39, 0.29) is 0 Å². The first-order chi connectivity index (χ1) is 13.7. The Morgan fingerprint density at radius 1 is 0.821 bits per heavy atom. The van der Waals surface area contributed by atoms with E-state index in [4.69, 9.17) is 0 Å². The summed E-state index contributed by atoms with van der Waals surface area (Å²) in [6.07, 6.45) is 1.88. The van der Waals surface area contributed by atoms with Gasteiger partial charge in [-0.1, -0.05) is 66.7 Å². The van der Waals surface area contributed by atoms with E-state index in [0.29, 0.717) is 17.4 Å². The minimum Gasteiger partial charge on any atom is -0.478 e. The SMILES string of the molecule is O=C(O)c1ccc2c3c([nH]c2c1)CC(c1ccccc1)C(c1ccccc1)C3. The maximum absolute atomic E-state index is 11.3. The van der Waals surface area contributed by atoms with Gasteiger partial charge in [0.05, 0.1) is 5.56 Å². The van der Waals surface area contributed by atoms with E-state index in [1.54, 1.807) is 12.1 Å². The van der Waals surface area contributed by atoms with Gasteiger partial charge in [0, 0.05) is 16.6 Å². The number of fused-ring (bicyclic) bond motifs is 3. The van der Waals surface area contributed by atoms with Crippen molar-refractivity contribution in [1.82, 2.24) is 4.98 Å². The quantitative estimate of drug-likeness (QED) is 0.500. The third-order valence-electron chi connectivity index (χ3n) is 6.03. The molecule has 0 spiro atoms. The summed E-state index contributed by atoms with van der Waals surface area (Å²) in [6.45, 7) is 0. The summed E-state index contributed by atoms with van der Waals surface area (Å²) in [5.41, 5.74) is 6.52. The van der Waals surface area contributed by atoms with Gasteiger partial charge in [0.25, 0.3) is 0 Å². The number of nitrogens with one attached hydrogen (secondary N) is 1. The van der Waals surface area contributed by atoms with Crippen molar-refractivity contribution < 1.29 is 9.90 Å². The van der Waals surface area contributed by atoms with Gasteiger partial charge in [-0.15, -0.1) is 0 Å². The van der Waals surface area contributed by atoms with Crippen LogP contribution in [-0.4, -0.2) is 16.1 Å². The Bertz CT molecular complexity index is 1150. The standard InChI is InChI=1S/C25H21NO2/c27-25(28)18-11-12-19-22-14-20(16-7-3-1-4-8-16)21(17-9-5-2-6-10-17)15-24(22)26-23(19)13-18/h1-13,20-21,26H,14-15H2,(H,27,28). The molecule has 4 aromatic rings. The molecular formula is C25H21NO2. The number of H-pyrrole nitrogens is 1. The van der Waals surface area contributed by atoms with Crippen molar-refractivity contribution >= 4 is 16.9 Å². The van der Waals surface area contributed by atoms with E-state index in [1.165, 1.54) is 22.4 Å². The van der Waals surface area contributed by atoms with Crippen LogP contribution in [0.25, 0.3) is 10.9 Å². The number of carboxylic acid groups (broad SMARTS) is 1. The average Bonchev–Trinajstić information content (AvgIpc) is 3.11. The van der Waals surface area contributed by atoms with Gasteiger partial charge in [0.1, 0.15) is 0 Å². The number of hydrogen-bond donors (Lipinski definition) is 2. The van der Waals surface area contributed by atoms with Crippen LogP contribution in [0.4, 0.5) is 0 Å². The Labute approximate surface area is 163 Å². The van der Waals surface area contributed by atoms with Gasteiger partial charge in [-0.2, -0.15) is 0 Å². The molecule has 0 fully saturated rings. The number of aromatic amines is 1. The minimum absolute atomic E-state index is 0.324. The number of carbonyl (C=O) groups is 1. The second-order valence-corrected chi connectivity index (χ2v) is 7.59. The molecule has 0 radical (unpaired) electrons. The van der Waals surface area contributed by atoms with Crippen LogP contribution >= 0.6 is 0 Å². The van der Waals surface area contributed by atoms with Crippen LogP contribution in [0.5, 0.6) is 0 Å². The molecule has 1 aliphatic rings. The molecule has 3 nitrogen and oxygen atoms in total. The highest BCUT2D eigenvalue weighted by Gasteiger charge is 2.33. The topological polar surface area (TPSA) is 53.1 Å². The smallest absolute Gasteiger partial charge is 0.335 e. The minimum atomic E-state index is -0.890. The normalized spacial score (nSPS) is 18.7. The van der Waals surface area contributed by atoms with Gasteiger partial charge in [-0.3, -0.25) is 0 Å². The van der Waals surface area contributed by atoms with Gasteiger partial charge >= 0.3 is 5.97 Å². The molecule has 1 aliphatic carbocycles. The van der Waals surface area contributed by atoms with Crippen molar-refractivity contribution in [3.05, 3.63) is 107 Å². The van der Waals surface area contributed by atoms with Gasteiger partial charge in [0.2, 0.25) is 0 Å². The Balaban J connectivity index is 1.64. The summed E-state index contributed by atoms with van der Waals surface area (Å²) in [4.78, 5) is 14.9. The maximum Gasteiger partial charge on any atom is 0.335 e. The summed E-state index contributed by atoms with van der Waals surface area (Å²) in [5.74, 6) is -0.101. The molecule has 1 heterocycles. The van der Waals surface area contributed by atoms with E-state index in [1.807, 2.05) is 6.07 Å². The molecule has 0 saturated heterocycles. The van der Waals surface area contributed by atoms with Gasteiger partial charge in [-0.25, -0.2) is 4.79 Å². The molecule has 1 aromatic heterocycles. The largest absolute Gasteiger partial charge is 0.478 e. The van der Waals surface area contributed by atoms with Gasteiger partial charge in [0.15, 0.2) is 0 Å². The summed E-state index contributed by atoms with van der Waals surface area (Å²) in [5, 5.41) is 10.5. The Kier molecular flexibility index (Phi) is 4.01. The molecule has 138 valence electrons. The highest BCUT2D eigenvalue weighted by atomic mass is 16.4. The lowest BCUT2D eigenvalue weighted by molar-refractivity contribution is 0.0697. The fraction of sp³-hybridized carbons (Fsp3) is 0.160. The Hall–Kier alpha value is -3.33. The second kappa shape index (κ2) is 6.68. The van der Waals surface area contributed by atoms with Crippen LogP contribution in [-0.2, 0) is 12.8 Å². The monoisotopic (exact) mass is 367 g/mol. The number of rotatable bonds is 3. The van der Waals surface area contributed by atoms with Crippen molar-refractivity contribution in [2.45, 2.75) is 24.7 Å². The van der Waals surface area contributed by atoms with Crippen LogP contribution < -0.4 is 0 Å². The van der Waals surface area contributed by atoms with Crippen molar-refractivity contribution in [3.8, 4) is 0 Å². The van der Waals surface area contributed by atoms with Crippen LogP contribution in [0.3, 0.4) is 0 Å². The molecule has 0 bridgehead atoms. The fourth-order valence-electron chi connectivity index (χ4n) is 4.68. The van der Waals surface area contributed by atoms with E-state index >= 15 is 0 Å². The zero-order chi connectivity index (χ0) is 19.1. The van der Waals surface area contributed by atoms with E-state index in [0.717, 1.165) is 23.7 Å². The molecule has 2 N–H and O–H groups in total. The average molecular weight is 367 g/mol. The first kappa shape index (κ1) is 16.8. The predicted octanol–water partition coefficient (Wildman–Crippen LogP) is 5.53. The molecule has 2 atom stereocenters. The predicted molar refractivity (Wildman–Crippen MR) is 111 cm³/mol. The number of aromatic carboxylic acids is 1. The highest BCUT2D eigenvalue weighted by Crippen LogP contribution is 2.44. The van der Waals surface area contributed by atoms with Crippen LogP contribution in [0, 0.1) is 0 Å². The van der Waals surface area contributed by atoms with Crippen molar-refractivity contribution in [3.63, 3.8) is 0 Å². The van der Waals surface area contributed by atoms with Crippen molar-refractivity contribution in [2.24, 2.45) is 0 Å². The zero-order valence-electron chi connectivity index (χ0n) is 15.4. The molecule has 5 rings (SSSR count). The lowest BCUT2D eigenvalue weighted by Gasteiger charge is -2.32. The molecule has 2 unspecified atom stereocenters. The summed E-state index contributed by atoms with van der Waals surface area (Å²) in [7, 11) is 0. The summed E-state index contributed by atoms with van der Waals surface area (Å²) in [6, 6.07) is 26.9. The van der Waals surface area contributed by atoms with E-state index < -0.39 is 5.97 Å². The second-order valence-electron chi connectivity index (χ2n) is 7.59. The number of benzene rings is 3. The summed E-state index contributed by atoms with van der Waals surface area (Å²) >= 11 is 0. The molecule has 0 aliphatic heterocycles. The molecule has 3 heteroatoms. The van der Waals surface area contributed by atoms with Gasteiger partial charge < -0.3 is 10.1 Å². The summed E-state index contributed by atoms with van der Waals surface area (Å²) < 4.78 is 0.